The van der Waals surface area contributed by atoms with E-state index in [9.17, 15) is 18.7 Å². The molecule has 1 aromatic carbocycles. The first-order valence-electron chi connectivity index (χ1n) is 6.61. The zero-order valence-electron chi connectivity index (χ0n) is 11.3. The van der Waals surface area contributed by atoms with Crippen LogP contribution in [0.5, 0.6) is 0 Å². The van der Waals surface area contributed by atoms with Crippen LogP contribution in [0.4, 0.5) is 14.5 Å². The van der Waals surface area contributed by atoms with Gasteiger partial charge in [-0.15, -0.1) is 0 Å². The predicted molar refractivity (Wildman–Crippen MR) is 71.2 cm³/mol. The summed E-state index contributed by atoms with van der Waals surface area (Å²) < 4.78 is 26.2. The van der Waals surface area contributed by atoms with Gasteiger partial charge in [0.05, 0.1) is 18.3 Å². The normalized spacial score (nSPS) is 23.6. The molecule has 1 aliphatic rings. The van der Waals surface area contributed by atoms with Crippen LogP contribution in [0.2, 0.25) is 0 Å². The monoisotopic (exact) mass is 284 g/mol. The van der Waals surface area contributed by atoms with E-state index in [0.717, 1.165) is 12.1 Å². The topological polar surface area (TPSA) is 52.6 Å². The third kappa shape index (κ3) is 3.74. The van der Waals surface area contributed by atoms with Crippen LogP contribution in [0.3, 0.4) is 0 Å². The van der Waals surface area contributed by atoms with Gasteiger partial charge in [0, 0.05) is 19.2 Å². The summed E-state index contributed by atoms with van der Waals surface area (Å²) in [6.45, 7) is 3.31. The van der Waals surface area contributed by atoms with E-state index < -0.39 is 11.6 Å². The number of likely N-dealkylation sites (tertiary alicyclic amines) is 1. The summed E-state index contributed by atoms with van der Waals surface area (Å²) in [4.78, 5) is 13.7. The minimum Gasteiger partial charge on any atom is -0.393 e. The van der Waals surface area contributed by atoms with Crippen molar-refractivity contribution in [2.45, 2.75) is 19.4 Å². The molecule has 0 aromatic heterocycles. The largest absolute Gasteiger partial charge is 0.393 e. The summed E-state index contributed by atoms with van der Waals surface area (Å²) in [5.74, 6) is -1.71. The highest BCUT2D eigenvalue weighted by atomic mass is 19.1. The molecule has 20 heavy (non-hydrogen) atoms. The van der Waals surface area contributed by atoms with Crippen LogP contribution in [0.1, 0.15) is 13.3 Å². The lowest BCUT2D eigenvalue weighted by molar-refractivity contribution is -0.118. The summed E-state index contributed by atoms with van der Waals surface area (Å²) in [5.41, 5.74) is -0.0264. The number of amides is 1. The number of aliphatic hydroxyl groups is 1. The lowest BCUT2D eigenvalue weighted by Gasteiger charge is -2.33. The molecule has 1 amide bonds. The maximum absolute atomic E-state index is 13.4. The molecule has 0 saturated carbocycles. The van der Waals surface area contributed by atoms with Gasteiger partial charge in [-0.1, -0.05) is 6.92 Å². The summed E-state index contributed by atoms with van der Waals surface area (Å²) in [5, 5.41) is 12.0. The Kier molecular flexibility index (Phi) is 4.67. The molecule has 0 spiro atoms. The number of hydrogen-bond donors (Lipinski definition) is 2. The Morgan fingerprint density at radius 3 is 2.90 bits per heavy atom. The Bertz CT molecular complexity index is 496. The average molecular weight is 284 g/mol. The fraction of sp³-hybridized carbons (Fsp3) is 0.500. The number of rotatable bonds is 3. The molecular weight excluding hydrogens is 266 g/mol. The highest BCUT2D eigenvalue weighted by Gasteiger charge is 2.25. The van der Waals surface area contributed by atoms with Gasteiger partial charge in [0.25, 0.3) is 0 Å². The zero-order valence-corrected chi connectivity index (χ0v) is 11.3. The molecule has 2 atom stereocenters. The lowest BCUT2D eigenvalue weighted by atomic mass is 9.97. The van der Waals surface area contributed by atoms with Crippen LogP contribution in [0.25, 0.3) is 0 Å². The molecule has 2 N–H and O–H groups in total. The van der Waals surface area contributed by atoms with E-state index in [1.807, 2.05) is 11.8 Å². The van der Waals surface area contributed by atoms with E-state index in [-0.39, 0.29) is 30.2 Å². The van der Waals surface area contributed by atoms with E-state index in [1.54, 1.807) is 0 Å². The zero-order chi connectivity index (χ0) is 14.7. The van der Waals surface area contributed by atoms with E-state index in [1.165, 1.54) is 6.07 Å². The first-order valence-corrected chi connectivity index (χ1v) is 6.61. The second-order valence-corrected chi connectivity index (χ2v) is 5.24. The molecule has 2 rings (SSSR count). The van der Waals surface area contributed by atoms with Crippen LogP contribution in [0, 0.1) is 17.6 Å². The smallest absolute Gasteiger partial charge is 0.238 e. The molecule has 1 aliphatic heterocycles. The van der Waals surface area contributed by atoms with E-state index in [4.69, 9.17) is 0 Å². The molecule has 1 fully saturated rings. The van der Waals surface area contributed by atoms with Gasteiger partial charge < -0.3 is 10.4 Å². The van der Waals surface area contributed by atoms with Crippen LogP contribution in [-0.2, 0) is 4.79 Å². The molecule has 0 bridgehead atoms. The average Bonchev–Trinajstić information content (AvgIpc) is 2.37. The van der Waals surface area contributed by atoms with Crippen molar-refractivity contribution >= 4 is 11.6 Å². The highest BCUT2D eigenvalue weighted by molar-refractivity contribution is 5.92. The molecule has 1 aromatic rings. The molecule has 0 radical (unpaired) electrons. The second-order valence-electron chi connectivity index (χ2n) is 5.24. The van der Waals surface area contributed by atoms with Crippen LogP contribution < -0.4 is 5.32 Å². The van der Waals surface area contributed by atoms with Gasteiger partial charge >= 0.3 is 0 Å². The predicted octanol–water partition coefficient (Wildman–Crippen LogP) is 1.61. The first kappa shape index (κ1) is 14.9. The minimum atomic E-state index is -0.791. The van der Waals surface area contributed by atoms with Crippen molar-refractivity contribution in [3.8, 4) is 0 Å². The van der Waals surface area contributed by atoms with Gasteiger partial charge in [0.2, 0.25) is 5.91 Å². The maximum atomic E-state index is 13.4. The van der Waals surface area contributed by atoms with Crippen molar-refractivity contribution in [3.05, 3.63) is 29.8 Å². The van der Waals surface area contributed by atoms with Gasteiger partial charge in [-0.25, -0.2) is 8.78 Å². The number of aliphatic hydroxyl groups excluding tert-OH is 1. The number of carbonyl (C=O) groups excluding carboxylic acids is 1. The van der Waals surface area contributed by atoms with E-state index in [2.05, 4.69) is 5.32 Å². The molecule has 2 unspecified atom stereocenters. The number of benzene rings is 1. The number of anilines is 1. The van der Waals surface area contributed by atoms with Gasteiger partial charge in [-0.2, -0.15) is 0 Å². The van der Waals surface area contributed by atoms with E-state index in [0.29, 0.717) is 19.5 Å². The number of hydrogen-bond acceptors (Lipinski definition) is 3. The SMILES string of the molecule is CC1CN(CC(=O)Nc2ccc(F)cc2F)CCC1O. The summed E-state index contributed by atoms with van der Waals surface area (Å²) in [6, 6.07) is 3.03. The number of nitrogens with one attached hydrogen (secondary N) is 1. The quantitative estimate of drug-likeness (QED) is 0.886. The molecule has 0 aliphatic carbocycles. The van der Waals surface area contributed by atoms with Crippen molar-refractivity contribution in [1.29, 1.82) is 0 Å². The molecule has 110 valence electrons. The van der Waals surface area contributed by atoms with Crippen molar-refractivity contribution in [3.63, 3.8) is 0 Å². The number of piperidine rings is 1. The van der Waals surface area contributed by atoms with Gasteiger partial charge in [0.15, 0.2) is 0 Å². The number of nitrogens with zero attached hydrogens (tertiary/aromatic N) is 1. The van der Waals surface area contributed by atoms with Crippen LogP contribution in [-0.4, -0.2) is 41.7 Å². The summed E-state index contributed by atoms with van der Waals surface area (Å²) in [6.07, 6.45) is 0.295. The highest BCUT2D eigenvalue weighted by Crippen LogP contribution is 2.17. The molecular formula is C14H18F2N2O2. The van der Waals surface area contributed by atoms with Crippen LogP contribution >= 0.6 is 0 Å². The van der Waals surface area contributed by atoms with Crippen LogP contribution in [0.15, 0.2) is 18.2 Å². The first-order chi connectivity index (χ1) is 9.45. The summed E-state index contributed by atoms with van der Waals surface area (Å²) in [7, 11) is 0. The van der Waals surface area contributed by atoms with Crippen molar-refractivity contribution in [2.75, 3.05) is 25.0 Å². The van der Waals surface area contributed by atoms with Gasteiger partial charge in [-0.3, -0.25) is 9.69 Å². The van der Waals surface area contributed by atoms with E-state index >= 15 is 0 Å². The number of halogens is 2. The summed E-state index contributed by atoms with van der Waals surface area (Å²) >= 11 is 0. The maximum Gasteiger partial charge on any atom is 0.238 e. The third-order valence-corrected chi connectivity index (χ3v) is 3.52. The second kappa shape index (κ2) is 6.28. The minimum absolute atomic E-state index is 0.0264. The van der Waals surface area contributed by atoms with Crippen molar-refractivity contribution in [1.82, 2.24) is 4.90 Å². The Balaban J connectivity index is 1.89. The lowest BCUT2D eigenvalue weighted by Crippen LogP contribution is -2.45. The Morgan fingerprint density at radius 2 is 2.25 bits per heavy atom. The Labute approximate surface area is 116 Å². The Morgan fingerprint density at radius 1 is 1.50 bits per heavy atom. The molecule has 6 heteroatoms. The van der Waals surface area contributed by atoms with Crippen molar-refractivity contribution < 1.29 is 18.7 Å². The standard InChI is InChI=1S/C14H18F2N2O2/c1-9-7-18(5-4-13(9)19)8-14(20)17-12-3-2-10(15)6-11(12)16/h2-3,6,9,13,19H,4-5,7-8H2,1H3,(H,17,20). The fourth-order valence-corrected chi connectivity index (χ4v) is 2.35. The molecule has 4 nitrogen and oxygen atoms in total. The molecule has 1 heterocycles. The number of carbonyl (C=O) groups is 1. The fourth-order valence-electron chi connectivity index (χ4n) is 2.35. The molecule has 1 saturated heterocycles. The Hall–Kier alpha value is -1.53. The van der Waals surface area contributed by atoms with Crippen molar-refractivity contribution in [2.24, 2.45) is 5.92 Å². The van der Waals surface area contributed by atoms with Gasteiger partial charge in [-0.05, 0) is 24.5 Å². The van der Waals surface area contributed by atoms with Gasteiger partial charge in [0.1, 0.15) is 11.6 Å². The third-order valence-electron chi connectivity index (χ3n) is 3.52.